The smallest absolute Gasteiger partial charge is 0.278 e. The number of amides is 1. The summed E-state index contributed by atoms with van der Waals surface area (Å²) in [6.45, 7) is 1.64. The van der Waals surface area contributed by atoms with Crippen LogP contribution in [0.15, 0.2) is 59.7 Å². The van der Waals surface area contributed by atoms with Crippen molar-refractivity contribution in [3.63, 3.8) is 0 Å². The zero-order valence-electron chi connectivity index (χ0n) is 18.5. The van der Waals surface area contributed by atoms with Gasteiger partial charge in [-0.15, -0.1) is 0 Å². The van der Waals surface area contributed by atoms with Crippen LogP contribution in [0.25, 0.3) is 21.9 Å². The van der Waals surface area contributed by atoms with E-state index in [0.717, 1.165) is 41.7 Å². The number of ether oxygens (including phenoxy) is 2. The van der Waals surface area contributed by atoms with Gasteiger partial charge in [0.05, 0.1) is 31.6 Å². The molecule has 170 valence electrons. The Morgan fingerprint density at radius 2 is 2.03 bits per heavy atom. The van der Waals surface area contributed by atoms with Crippen molar-refractivity contribution in [2.75, 3.05) is 20.3 Å². The molecular formula is C25H26N4O4. The number of carbonyl (C=O) groups excluding carboxylic acids is 1. The van der Waals surface area contributed by atoms with Gasteiger partial charge in [-0.3, -0.25) is 14.2 Å². The van der Waals surface area contributed by atoms with Gasteiger partial charge in [0.1, 0.15) is 23.3 Å². The third kappa shape index (κ3) is 4.21. The van der Waals surface area contributed by atoms with Crippen LogP contribution in [0, 0.1) is 0 Å². The first kappa shape index (κ1) is 21.2. The molecule has 0 radical (unpaired) electrons. The molecular weight excluding hydrogens is 420 g/mol. The molecule has 2 aromatic heterocycles. The van der Waals surface area contributed by atoms with Crippen LogP contribution in [0.5, 0.6) is 5.75 Å². The number of hydrogen-bond acceptors (Lipinski definition) is 5. The lowest BCUT2D eigenvalue weighted by molar-refractivity contribution is -0.122. The van der Waals surface area contributed by atoms with Crippen LogP contribution in [0.2, 0.25) is 0 Å². The first-order chi connectivity index (χ1) is 16.1. The van der Waals surface area contributed by atoms with Crippen molar-refractivity contribution in [2.45, 2.75) is 32.0 Å². The van der Waals surface area contributed by atoms with Gasteiger partial charge in [0.25, 0.3) is 5.56 Å². The lowest BCUT2D eigenvalue weighted by Gasteiger charge is -2.12. The van der Waals surface area contributed by atoms with E-state index >= 15 is 0 Å². The fourth-order valence-corrected chi connectivity index (χ4v) is 4.39. The average Bonchev–Trinajstić information content (AvgIpc) is 3.47. The summed E-state index contributed by atoms with van der Waals surface area (Å²) in [4.78, 5) is 30.9. The summed E-state index contributed by atoms with van der Waals surface area (Å²) in [5.41, 5.74) is 2.62. The molecule has 1 atom stereocenters. The molecule has 8 heteroatoms. The molecule has 33 heavy (non-hydrogen) atoms. The fourth-order valence-electron chi connectivity index (χ4n) is 4.39. The van der Waals surface area contributed by atoms with Crippen molar-refractivity contribution in [3.8, 4) is 5.75 Å². The summed E-state index contributed by atoms with van der Waals surface area (Å²) >= 11 is 0. The van der Waals surface area contributed by atoms with Crippen LogP contribution >= 0.6 is 0 Å². The second-order valence-electron chi connectivity index (χ2n) is 8.27. The van der Waals surface area contributed by atoms with Gasteiger partial charge in [-0.25, -0.2) is 4.98 Å². The molecule has 2 aromatic carbocycles. The summed E-state index contributed by atoms with van der Waals surface area (Å²) in [6.07, 6.45) is 3.61. The van der Waals surface area contributed by atoms with Crippen LogP contribution in [-0.2, 0) is 22.6 Å². The van der Waals surface area contributed by atoms with Gasteiger partial charge >= 0.3 is 0 Å². The van der Waals surface area contributed by atoms with E-state index < -0.39 is 0 Å². The van der Waals surface area contributed by atoms with E-state index in [9.17, 15) is 9.59 Å². The Labute approximate surface area is 190 Å². The van der Waals surface area contributed by atoms with Gasteiger partial charge in [-0.1, -0.05) is 30.3 Å². The predicted octanol–water partition coefficient (Wildman–Crippen LogP) is 2.70. The van der Waals surface area contributed by atoms with E-state index in [2.05, 4.69) is 10.3 Å². The molecule has 0 unspecified atom stereocenters. The van der Waals surface area contributed by atoms with Crippen LogP contribution in [0.1, 0.15) is 18.4 Å². The van der Waals surface area contributed by atoms with Gasteiger partial charge in [0.2, 0.25) is 5.91 Å². The minimum Gasteiger partial charge on any atom is -0.497 e. The van der Waals surface area contributed by atoms with Gasteiger partial charge in [-0.2, -0.15) is 0 Å². The third-order valence-corrected chi connectivity index (χ3v) is 6.10. The van der Waals surface area contributed by atoms with E-state index in [-0.39, 0.29) is 24.1 Å². The van der Waals surface area contributed by atoms with E-state index in [1.807, 2.05) is 48.5 Å². The largest absolute Gasteiger partial charge is 0.497 e. The minimum absolute atomic E-state index is 0.0419. The van der Waals surface area contributed by atoms with Crippen LogP contribution in [-0.4, -0.2) is 46.4 Å². The molecule has 8 nitrogen and oxygen atoms in total. The Morgan fingerprint density at radius 3 is 2.79 bits per heavy atom. The zero-order chi connectivity index (χ0) is 22.8. The number of aromatic nitrogens is 3. The molecule has 1 aliphatic rings. The first-order valence-electron chi connectivity index (χ1n) is 11.1. The number of nitrogens with one attached hydrogen (secondary N) is 1. The Morgan fingerprint density at radius 1 is 1.21 bits per heavy atom. The molecule has 5 rings (SSSR count). The standard InChI is InChI=1S/C25H26N4O4/c1-32-18-10-8-17(9-11-18)14-28-16-27-23-20-6-2-3-7-21(20)29(24(23)25(28)31)15-22(30)26-13-19-5-4-12-33-19/h2-3,6-11,16,19H,4-5,12-15H2,1H3,(H,26,30)/t19-/m1/s1. The molecule has 3 heterocycles. The van der Waals surface area contributed by atoms with E-state index in [1.54, 1.807) is 22.6 Å². The first-order valence-corrected chi connectivity index (χ1v) is 11.1. The number of fused-ring (bicyclic) bond motifs is 3. The highest BCUT2D eigenvalue weighted by molar-refractivity contribution is 6.06. The van der Waals surface area contributed by atoms with Gasteiger partial charge in [0, 0.05) is 18.5 Å². The summed E-state index contributed by atoms with van der Waals surface area (Å²) in [5.74, 6) is 0.604. The minimum atomic E-state index is -0.182. The van der Waals surface area contributed by atoms with Crippen molar-refractivity contribution in [1.82, 2.24) is 19.4 Å². The summed E-state index contributed by atoms with van der Waals surface area (Å²) in [5, 5.41) is 3.81. The lowest BCUT2D eigenvalue weighted by atomic mass is 10.2. The second kappa shape index (κ2) is 9.07. The van der Waals surface area contributed by atoms with Crippen LogP contribution < -0.4 is 15.6 Å². The van der Waals surface area contributed by atoms with Crippen molar-refractivity contribution in [3.05, 3.63) is 70.8 Å². The van der Waals surface area contributed by atoms with Crippen molar-refractivity contribution in [1.29, 1.82) is 0 Å². The number of para-hydroxylation sites is 1. The molecule has 0 aliphatic carbocycles. The van der Waals surface area contributed by atoms with Gasteiger partial charge in [0.15, 0.2) is 0 Å². The maximum atomic E-state index is 13.5. The molecule has 1 saturated heterocycles. The Kier molecular flexibility index (Phi) is 5.83. The lowest BCUT2D eigenvalue weighted by Crippen LogP contribution is -2.34. The van der Waals surface area contributed by atoms with E-state index in [0.29, 0.717) is 24.1 Å². The van der Waals surface area contributed by atoms with Crippen molar-refractivity contribution < 1.29 is 14.3 Å². The second-order valence-corrected chi connectivity index (χ2v) is 8.27. The quantitative estimate of drug-likeness (QED) is 0.472. The van der Waals surface area contributed by atoms with Crippen LogP contribution in [0.4, 0.5) is 0 Å². The predicted molar refractivity (Wildman–Crippen MR) is 126 cm³/mol. The number of carbonyl (C=O) groups is 1. The monoisotopic (exact) mass is 446 g/mol. The molecule has 1 aliphatic heterocycles. The zero-order valence-corrected chi connectivity index (χ0v) is 18.5. The number of benzene rings is 2. The van der Waals surface area contributed by atoms with Crippen molar-refractivity contribution in [2.24, 2.45) is 0 Å². The molecule has 4 aromatic rings. The molecule has 1 fully saturated rings. The van der Waals surface area contributed by atoms with E-state index in [1.165, 1.54) is 0 Å². The van der Waals surface area contributed by atoms with Gasteiger partial charge < -0.3 is 19.4 Å². The fraction of sp³-hybridized carbons (Fsp3) is 0.320. The number of nitrogens with zero attached hydrogens (tertiary/aromatic N) is 3. The highest BCUT2D eigenvalue weighted by Crippen LogP contribution is 2.25. The highest BCUT2D eigenvalue weighted by atomic mass is 16.5. The number of hydrogen-bond donors (Lipinski definition) is 1. The maximum Gasteiger partial charge on any atom is 0.278 e. The SMILES string of the molecule is COc1ccc(Cn2cnc3c4ccccc4n(CC(=O)NC[C@H]4CCCO4)c3c2=O)cc1. The Balaban J connectivity index is 1.49. The Bertz CT molecular complexity index is 1350. The summed E-state index contributed by atoms with van der Waals surface area (Å²) < 4.78 is 14.1. The number of rotatable bonds is 7. The molecule has 1 amide bonds. The normalized spacial score (nSPS) is 15.8. The average molecular weight is 447 g/mol. The summed E-state index contributed by atoms with van der Waals surface area (Å²) in [7, 11) is 1.62. The molecule has 0 saturated carbocycles. The maximum absolute atomic E-state index is 13.5. The third-order valence-electron chi connectivity index (χ3n) is 6.10. The highest BCUT2D eigenvalue weighted by Gasteiger charge is 2.20. The van der Waals surface area contributed by atoms with Crippen LogP contribution in [0.3, 0.4) is 0 Å². The molecule has 0 bridgehead atoms. The molecule has 0 spiro atoms. The van der Waals surface area contributed by atoms with E-state index in [4.69, 9.17) is 9.47 Å². The number of methoxy groups -OCH3 is 1. The topological polar surface area (TPSA) is 87.4 Å². The molecule has 1 N–H and O–H groups in total. The Hall–Kier alpha value is -3.65. The van der Waals surface area contributed by atoms with Gasteiger partial charge in [-0.05, 0) is 36.6 Å². The van der Waals surface area contributed by atoms with Crippen molar-refractivity contribution >= 4 is 27.8 Å². The summed E-state index contributed by atoms with van der Waals surface area (Å²) in [6, 6.07) is 15.2.